The van der Waals surface area contributed by atoms with E-state index in [2.05, 4.69) is 16.4 Å². The van der Waals surface area contributed by atoms with E-state index >= 15 is 0 Å². The number of hydrogen-bond acceptors (Lipinski definition) is 3. The molecular formula is C12H18N2O. The van der Waals surface area contributed by atoms with Gasteiger partial charge in [0.1, 0.15) is 0 Å². The normalized spacial score (nSPS) is 16.9. The van der Waals surface area contributed by atoms with Gasteiger partial charge in [-0.25, -0.2) is 4.98 Å². The van der Waals surface area contributed by atoms with Crippen LogP contribution >= 0.6 is 0 Å². The molecule has 0 radical (unpaired) electrons. The summed E-state index contributed by atoms with van der Waals surface area (Å²) >= 11 is 0. The second-order valence-corrected chi connectivity index (χ2v) is 4.03. The molecule has 1 aliphatic carbocycles. The lowest BCUT2D eigenvalue weighted by Gasteiger charge is -2.13. The summed E-state index contributed by atoms with van der Waals surface area (Å²) in [6.07, 6.45) is 7.10. The summed E-state index contributed by atoms with van der Waals surface area (Å²) in [4.78, 5) is 4.18. The van der Waals surface area contributed by atoms with E-state index in [4.69, 9.17) is 4.74 Å². The summed E-state index contributed by atoms with van der Waals surface area (Å²) < 4.78 is 5.21. The summed E-state index contributed by atoms with van der Waals surface area (Å²) in [6.45, 7) is 0.863. The fourth-order valence-electron chi connectivity index (χ4n) is 2.13. The van der Waals surface area contributed by atoms with E-state index in [1.54, 1.807) is 13.3 Å². The van der Waals surface area contributed by atoms with Crippen LogP contribution in [0.4, 0.5) is 0 Å². The van der Waals surface area contributed by atoms with Gasteiger partial charge in [0.25, 0.3) is 0 Å². The Kier molecular flexibility index (Phi) is 3.56. The first-order chi connectivity index (χ1) is 7.40. The van der Waals surface area contributed by atoms with Crippen molar-refractivity contribution >= 4 is 0 Å². The zero-order valence-corrected chi connectivity index (χ0v) is 9.20. The molecule has 1 fully saturated rings. The zero-order chi connectivity index (χ0) is 10.5. The molecule has 0 spiro atoms. The maximum absolute atomic E-state index is 5.21. The Labute approximate surface area is 90.9 Å². The topological polar surface area (TPSA) is 34.1 Å². The van der Waals surface area contributed by atoms with Crippen LogP contribution < -0.4 is 10.1 Å². The van der Waals surface area contributed by atoms with Crippen LogP contribution in [0.15, 0.2) is 18.3 Å². The lowest BCUT2D eigenvalue weighted by Crippen LogP contribution is -2.25. The van der Waals surface area contributed by atoms with Crippen LogP contribution in [0.2, 0.25) is 0 Å². The molecule has 15 heavy (non-hydrogen) atoms. The Balaban J connectivity index is 1.91. The van der Waals surface area contributed by atoms with Crippen molar-refractivity contribution in [1.82, 2.24) is 10.3 Å². The van der Waals surface area contributed by atoms with Gasteiger partial charge in [-0.1, -0.05) is 18.9 Å². The van der Waals surface area contributed by atoms with Gasteiger partial charge in [-0.15, -0.1) is 0 Å². The number of pyridine rings is 1. The number of aromatic nitrogens is 1. The number of hydrogen-bond donors (Lipinski definition) is 1. The van der Waals surface area contributed by atoms with Crippen LogP contribution in [-0.2, 0) is 6.54 Å². The first kappa shape index (κ1) is 10.4. The highest BCUT2D eigenvalue weighted by Crippen LogP contribution is 2.19. The van der Waals surface area contributed by atoms with Crippen LogP contribution in [0.25, 0.3) is 0 Å². The summed E-state index contributed by atoms with van der Waals surface area (Å²) in [6, 6.07) is 4.71. The smallest absolute Gasteiger partial charge is 0.217 e. The van der Waals surface area contributed by atoms with Gasteiger partial charge < -0.3 is 10.1 Å². The first-order valence-electron chi connectivity index (χ1n) is 5.61. The van der Waals surface area contributed by atoms with E-state index in [-0.39, 0.29) is 0 Å². The van der Waals surface area contributed by atoms with E-state index < -0.39 is 0 Å². The molecule has 1 aliphatic rings. The van der Waals surface area contributed by atoms with E-state index in [1.165, 1.54) is 25.7 Å². The molecular weight excluding hydrogens is 188 g/mol. The molecule has 1 saturated carbocycles. The summed E-state index contributed by atoms with van der Waals surface area (Å²) in [5.41, 5.74) is 1.15. The van der Waals surface area contributed by atoms with Crippen molar-refractivity contribution in [3.05, 3.63) is 23.9 Å². The van der Waals surface area contributed by atoms with Crippen molar-refractivity contribution < 1.29 is 4.74 Å². The predicted octanol–water partition coefficient (Wildman–Crippen LogP) is 2.12. The lowest BCUT2D eigenvalue weighted by molar-refractivity contribution is 0.388. The molecule has 0 amide bonds. The fourth-order valence-corrected chi connectivity index (χ4v) is 2.13. The molecule has 82 valence electrons. The average Bonchev–Trinajstić information content (AvgIpc) is 2.79. The maximum Gasteiger partial charge on any atom is 0.217 e. The second-order valence-electron chi connectivity index (χ2n) is 4.03. The van der Waals surface area contributed by atoms with E-state index in [1.807, 2.05) is 6.07 Å². The number of nitrogens with one attached hydrogen (secondary N) is 1. The number of methoxy groups -OCH3 is 1. The fraction of sp³-hybridized carbons (Fsp3) is 0.583. The summed E-state index contributed by atoms with van der Waals surface area (Å²) in [5, 5.41) is 3.55. The number of rotatable bonds is 4. The van der Waals surface area contributed by atoms with Gasteiger partial charge in [0.2, 0.25) is 5.88 Å². The lowest BCUT2D eigenvalue weighted by atomic mass is 10.2. The molecule has 1 heterocycles. The van der Waals surface area contributed by atoms with Gasteiger partial charge in [0.05, 0.1) is 7.11 Å². The third kappa shape index (κ3) is 2.69. The first-order valence-corrected chi connectivity index (χ1v) is 5.61. The van der Waals surface area contributed by atoms with Crippen LogP contribution in [-0.4, -0.2) is 18.1 Å². The van der Waals surface area contributed by atoms with Gasteiger partial charge >= 0.3 is 0 Å². The van der Waals surface area contributed by atoms with E-state index in [9.17, 15) is 0 Å². The quantitative estimate of drug-likeness (QED) is 0.819. The molecule has 0 aliphatic heterocycles. The Hall–Kier alpha value is -1.09. The van der Waals surface area contributed by atoms with E-state index in [0.29, 0.717) is 6.04 Å². The van der Waals surface area contributed by atoms with Crippen LogP contribution in [0.5, 0.6) is 5.88 Å². The van der Waals surface area contributed by atoms with Crippen LogP contribution in [0.1, 0.15) is 31.2 Å². The molecule has 0 saturated heterocycles. The molecule has 0 unspecified atom stereocenters. The highest BCUT2D eigenvalue weighted by atomic mass is 16.5. The summed E-state index contributed by atoms with van der Waals surface area (Å²) in [5.74, 6) is 0.739. The van der Waals surface area contributed by atoms with Crippen molar-refractivity contribution in [1.29, 1.82) is 0 Å². The van der Waals surface area contributed by atoms with Crippen molar-refractivity contribution in [3.8, 4) is 5.88 Å². The molecule has 1 aromatic heterocycles. The Morgan fingerprint density at radius 3 is 3.00 bits per heavy atom. The molecule has 3 heteroatoms. The molecule has 2 rings (SSSR count). The van der Waals surface area contributed by atoms with Gasteiger partial charge in [0.15, 0.2) is 0 Å². The zero-order valence-electron chi connectivity index (χ0n) is 9.20. The molecule has 1 N–H and O–H groups in total. The third-order valence-electron chi connectivity index (χ3n) is 2.98. The molecule has 0 atom stereocenters. The Morgan fingerprint density at radius 1 is 1.47 bits per heavy atom. The average molecular weight is 206 g/mol. The molecule has 0 bridgehead atoms. The van der Waals surface area contributed by atoms with Gasteiger partial charge in [-0.2, -0.15) is 0 Å². The van der Waals surface area contributed by atoms with Crippen molar-refractivity contribution in [3.63, 3.8) is 0 Å². The SMILES string of the molecule is COc1ncccc1CNC1CCCC1. The largest absolute Gasteiger partial charge is 0.481 e. The molecule has 1 aromatic rings. The molecule has 0 aromatic carbocycles. The third-order valence-corrected chi connectivity index (χ3v) is 2.98. The van der Waals surface area contributed by atoms with Crippen molar-refractivity contribution in [2.45, 2.75) is 38.3 Å². The van der Waals surface area contributed by atoms with Crippen LogP contribution in [0, 0.1) is 0 Å². The van der Waals surface area contributed by atoms with Crippen LogP contribution in [0.3, 0.4) is 0 Å². The summed E-state index contributed by atoms with van der Waals surface area (Å²) in [7, 11) is 1.67. The minimum atomic E-state index is 0.690. The van der Waals surface area contributed by atoms with Gasteiger partial charge in [-0.05, 0) is 18.9 Å². The maximum atomic E-state index is 5.21. The minimum absolute atomic E-state index is 0.690. The highest BCUT2D eigenvalue weighted by Gasteiger charge is 2.14. The Bertz CT molecular complexity index is 308. The predicted molar refractivity (Wildman–Crippen MR) is 59.9 cm³/mol. The Morgan fingerprint density at radius 2 is 2.27 bits per heavy atom. The van der Waals surface area contributed by atoms with Gasteiger partial charge in [-0.3, -0.25) is 0 Å². The number of ether oxygens (including phenoxy) is 1. The standard InChI is InChI=1S/C12H18N2O/c1-15-12-10(5-4-8-13-12)9-14-11-6-2-3-7-11/h4-5,8,11,14H,2-3,6-7,9H2,1H3. The second kappa shape index (κ2) is 5.12. The minimum Gasteiger partial charge on any atom is -0.481 e. The van der Waals surface area contributed by atoms with Crippen molar-refractivity contribution in [2.24, 2.45) is 0 Å². The molecule has 3 nitrogen and oxygen atoms in total. The monoisotopic (exact) mass is 206 g/mol. The number of nitrogens with zero attached hydrogens (tertiary/aromatic N) is 1. The van der Waals surface area contributed by atoms with E-state index in [0.717, 1.165) is 18.0 Å². The van der Waals surface area contributed by atoms with Gasteiger partial charge in [0, 0.05) is 24.3 Å². The van der Waals surface area contributed by atoms with Crippen molar-refractivity contribution in [2.75, 3.05) is 7.11 Å². The highest BCUT2D eigenvalue weighted by molar-refractivity contribution is 5.25.